The molecule has 0 fully saturated rings. The quantitative estimate of drug-likeness (QED) is 0.420. The van der Waals surface area contributed by atoms with E-state index in [9.17, 15) is 13.6 Å². The number of carbonyl (C=O) groups is 1. The second-order valence-corrected chi connectivity index (χ2v) is 2.47. The number of rotatable bonds is 1. The molecule has 0 aromatic heterocycles. The number of hydrazone groups is 1. The minimum Gasteiger partial charge on any atom is -0.266 e. The number of nitrogens with zero attached hydrogens (tertiary/aromatic N) is 2. The topological polar surface area (TPSA) is 32.7 Å². The Labute approximate surface area is 62.7 Å². The molecule has 0 spiro atoms. The fourth-order valence-corrected chi connectivity index (χ4v) is 1.05. The Kier molecular flexibility index (Phi) is 1.89. The fraction of sp³-hybridized carbons (Fsp3) is 0.667. The van der Waals surface area contributed by atoms with Crippen molar-refractivity contribution in [2.75, 3.05) is 7.05 Å². The normalized spacial score (nSPS) is 30.5. The van der Waals surface area contributed by atoms with Crippen molar-refractivity contribution in [3.8, 4) is 0 Å². The van der Waals surface area contributed by atoms with E-state index >= 15 is 0 Å². The molecule has 62 valence electrons. The van der Waals surface area contributed by atoms with Gasteiger partial charge in [0.05, 0.1) is 5.71 Å². The Morgan fingerprint density at radius 3 is 2.45 bits per heavy atom. The van der Waals surface area contributed by atoms with Crippen LogP contribution >= 0.6 is 0 Å². The Bertz CT molecular complexity index is 217. The van der Waals surface area contributed by atoms with Crippen LogP contribution in [0.3, 0.4) is 0 Å². The van der Waals surface area contributed by atoms with Gasteiger partial charge in [-0.3, -0.25) is 9.80 Å². The van der Waals surface area contributed by atoms with Crippen LogP contribution < -0.4 is 0 Å². The summed E-state index contributed by atoms with van der Waals surface area (Å²) in [6, 6.07) is -1.66. The fourth-order valence-electron chi connectivity index (χ4n) is 1.05. The Balaban J connectivity index is 2.83. The van der Waals surface area contributed by atoms with E-state index in [1.165, 1.54) is 14.0 Å². The van der Waals surface area contributed by atoms with Gasteiger partial charge in [-0.2, -0.15) is 9.49 Å². The largest absolute Gasteiger partial charge is 0.315 e. The highest BCUT2D eigenvalue weighted by molar-refractivity contribution is 6.01. The second kappa shape index (κ2) is 2.56. The van der Waals surface area contributed by atoms with Gasteiger partial charge in [-0.1, -0.05) is 0 Å². The highest BCUT2D eigenvalue weighted by atomic mass is 19.1. The maximum Gasteiger partial charge on any atom is 0.315 e. The molecule has 2 atom stereocenters. The standard InChI is InChI=1S/C6H8F2N2O/c1-3-4(6(8)11)5(7)10(2)9-3/h4-5H,1-2H3. The molecule has 2 unspecified atom stereocenters. The van der Waals surface area contributed by atoms with E-state index in [2.05, 4.69) is 5.10 Å². The first-order chi connectivity index (χ1) is 5.04. The third-order valence-corrected chi connectivity index (χ3v) is 1.64. The summed E-state index contributed by atoms with van der Waals surface area (Å²) in [5.74, 6) is -1.32. The first kappa shape index (κ1) is 8.10. The van der Waals surface area contributed by atoms with Crippen molar-refractivity contribution in [1.29, 1.82) is 0 Å². The summed E-state index contributed by atoms with van der Waals surface area (Å²) in [6.45, 7) is 1.43. The van der Waals surface area contributed by atoms with Crippen molar-refractivity contribution >= 4 is 11.7 Å². The summed E-state index contributed by atoms with van der Waals surface area (Å²) in [6.07, 6.45) is -1.65. The van der Waals surface area contributed by atoms with Gasteiger partial charge in [0.15, 0.2) is 0 Å². The van der Waals surface area contributed by atoms with E-state index in [0.29, 0.717) is 0 Å². The van der Waals surface area contributed by atoms with E-state index in [1.54, 1.807) is 0 Å². The second-order valence-electron chi connectivity index (χ2n) is 2.47. The maximum absolute atomic E-state index is 12.8. The molecule has 0 aromatic carbocycles. The van der Waals surface area contributed by atoms with Gasteiger partial charge in [-0.15, -0.1) is 0 Å². The smallest absolute Gasteiger partial charge is 0.266 e. The predicted molar refractivity (Wildman–Crippen MR) is 35.4 cm³/mol. The molecule has 0 bridgehead atoms. The zero-order valence-electron chi connectivity index (χ0n) is 6.21. The molecular weight excluding hydrogens is 154 g/mol. The van der Waals surface area contributed by atoms with Crippen molar-refractivity contribution in [2.45, 2.75) is 13.2 Å². The van der Waals surface area contributed by atoms with E-state index in [4.69, 9.17) is 0 Å². The van der Waals surface area contributed by atoms with Crippen LogP contribution in [0.5, 0.6) is 0 Å². The van der Waals surface area contributed by atoms with Crippen LogP contribution in [0, 0.1) is 5.92 Å². The Morgan fingerprint density at radius 1 is 1.73 bits per heavy atom. The summed E-state index contributed by atoms with van der Waals surface area (Å²) in [7, 11) is 1.36. The average Bonchev–Trinajstić information content (AvgIpc) is 2.07. The van der Waals surface area contributed by atoms with Gasteiger partial charge >= 0.3 is 6.04 Å². The first-order valence-electron chi connectivity index (χ1n) is 3.15. The maximum atomic E-state index is 12.8. The van der Waals surface area contributed by atoms with Crippen LogP contribution in [0.15, 0.2) is 5.10 Å². The summed E-state index contributed by atoms with van der Waals surface area (Å²) in [5, 5.41) is 4.53. The van der Waals surface area contributed by atoms with Gasteiger partial charge in [-0.05, 0) is 6.92 Å². The van der Waals surface area contributed by atoms with Crippen LogP contribution in [-0.2, 0) is 4.79 Å². The molecule has 3 nitrogen and oxygen atoms in total. The molecule has 1 aliphatic heterocycles. The molecule has 0 saturated heterocycles. The lowest BCUT2D eigenvalue weighted by Crippen LogP contribution is -2.30. The van der Waals surface area contributed by atoms with Crippen molar-refractivity contribution in [2.24, 2.45) is 11.0 Å². The molecule has 0 saturated carbocycles. The van der Waals surface area contributed by atoms with Gasteiger partial charge in [0.2, 0.25) is 6.30 Å². The zero-order chi connectivity index (χ0) is 8.59. The average molecular weight is 162 g/mol. The van der Waals surface area contributed by atoms with Gasteiger partial charge in [0.25, 0.3) is 0 Å². The first-order valence-corrected chi connectivity index (χ1v) is 3.15. The van der Waals surface area contributed by atoms with Crippen molar-refractivity contribution < 1.29 is 13.6 Å². The summed E-state index contributed by atoms with van der Waals surface area (Å²) in [4.78, 5) is 10.2. The van der Waals surface area contributed by atoms with E-state index in [1.807, 2.05) is 0 Å². The summed E-state index contributed by atoms with van der Waals surface area (Å²) in [5.41, 5.74) is 0.188. The van der Waals surface area contributed by atoms with Crippen molar-refractivity contribution in [3.63, 3.8) is 0 Å². The SMILES string of the molecule is CC1=NN(C)C(F)C1C(=O)F. The number of alkyl halides is 1. The minimum absolute atomic E-state index is 0.188. The van der Waals surface area contributed by atoms with E-state index in [0.717, 1.165) is 5.01 Å². The third kappa shape index (κ3) is 1.22. The molecule has 0 amide bonds. The van der Waals surface area contributed by atoms with Crippen molar-refractivity contribution in [3.05, 3.63) is 0 Å². The van der Waals surface area contributed by atoms with Gasteiger partial charge in [-0.25, -0.2) is 4.39 Å². The van der Waals surface area contributed by atoms with Crippen LogP contribution in [0.2, 0.25) is 0 Å². The number of hydrogen-bond acceptors (Lipinski definition) is 3. The lowest BCUT2D eigenvalue weighted by atomic mass is 10.1. The molecule has 1 rings (SSSR count). The zero-order valence-corrected chi connectivity index (χ0v) is 6.21. The minimum atomic E-state index is -1.66. The third-order valence-electron chi connectivity index (χ3n) is 1.64. The van der Waals surface area contributed by atoms with Crippen LogP contribution in [0.25, 0.3) is 0 Å². The van der Waals surface area contributed by atoms with Crippen LogP contribution in [0.1, 0.15) is 6.92 Å². The summed E-state index contributed by atoms with van der Waals surface area (Å²) >= 11 is 0. The molecule has 0 radical (unpaired) electrons. The number of halogens is 2. The van der Waals surface area contributed by atoms with Gasteiger partial charge in [0, 0.05) is 7.05 Å². The van der Waals surface area contributed by atoms with Crippen molar-refractivity contribution in [1.82, 2.24) is 5.01 Å². The Morgan fingerprint density at radius 2 is 2.27 bits per heavy atom. The van der Waals surface area contributed by atoms with E-state index < -0.39 is 18.3 Å². The lowest BCUT2D eigenvalue weighted by molar-refractivity contribution is -0.134. The molecule has 11 heavy (non-hydrogen) atoms. The Hall–Kier alpha value is -1.00. The number of carbonyl (C=O) groups excluding carboxylic acids is 1. The molecule has 0 aliphatic carbocycles. The van der Waals surface area contributed by atoms with Gasteiger partial charge < -0.3 is 0 Å². The highest BCUT2D eigenvalue weighted by Gasteiger charge is 2.38. The van der Waals surface area contributed by atoms with Crippen LogP contribution in [0.4, 0.5) is 8.78 Å². The molecule has 1 aliphatic rings. The molecule has 0 aromatic rings. The molecule has 5 heteroatoms. The molecular formula is C6H8F2N2O. The van der Waals surface area contributed by atoms with Crippen LogP contribution in [-0.4, -0.2) is 30.1 Å². The molecule has 0 N–H and O–H groups in total. The highest BCUT2D eigenvalue weighted by Crippen LogP contribution is 2.22. The molecule has 1 heterocycles. The predicted octanol–water partition coefficient (Wildman–Crippen LogP) is 0.716. The number of hydrogen-bond donors (Lipinski definition) is 0. The van der Waals surface area contributed by atoms with Gasteiger partial charge in [0.1, 0.15) is 5.92 Å². The lowest BCUT2D eigenvalue weighted by Gasteiger charge is -2.12. The van der Waals surface area contributed by atoms with E-state index in [-0.39, 0.29) is 5.71 Å². The monoisotopic (exact) mass is 162 g/mol. The summed E-state index contributed by atoms with van der Waals surface area (Å²) < 4.78 is 24.9.